The molecule has 0 aromatic heterocycles. The number of sulfonamides is 1. The molecule has 0 atom stereocenters. The molecule has 0 fully saturated rings. The van der Waals surface area contributed by atoms with Crippen molar-refractivity contribution in [1.29, 1.82) is 0 Å². The van der Waals surface area contributed by atoms with Gasteiger partial charge in [-0.2, -0.15) is 0 Å². The molecule has 112 valence electrons. The molecule has 7 heteroatoms. The molecule has 2 aromatic carbocycles. The van der Waals surface area contributed by atoms with Crippen LogP contribution < -0.4 is 4.72 Å². The summed E-state index contributed by atoms with van der Waals surface area (Å²) in [5.74, 6) is 0. The first-order valence-electron chi connectivity index (χ1n) is 5.95. The Labute approximate surface area is 146 Å². The summed E-state index contributed by atoms with van der Waals surface area (Å²) in [5.41, 5.74) is 2.39. The SMILES string of the molecule is Cc1cc(C)c(NS(=O)(=O)c2ccc(Br)cc2Cl)c(Br)c1. The van der Waals surface area contributed by atoms with E-state index in [0.717, 1.165) is 15.6 Å². The van der Waals surface area contributed by atoms with Gasteiger partial charge in [-0.15, -0.1) is 0 Å². The van der Waals surface area contributed by atoms with Crippen molar-refractivity contribution in [3.8, 4) is 0 Å². The molecule has 0 unspecified atom stereocenters. The molecule has 0 saturated heterocycles. The molecule has 0 spiro atoms. The van der Waals surface area contributed by atoms with Crippen LogP contribution in [0.5, 0.6) is 0 Å². The summed E-state index contributed by atoms with van der Waals surface area (Å²) >= 11 is 12.7. The molecule has 0 aliphatic rings. The molecule has 0 amide bonds. The average Bonchev–Trinajstić information content (AvgIpc) is 2.33. The summed E-state index contributed by atoms with van der Waals surface area (Å²) < 4.78 is 29.0. The highest BCUT2D eigenvalue weighted by atomic mass is 79.9. The van der Waals surface area contributed by atoms with Crippen molar-refractivity contribution in [1.82, 2.24) is 0 Å². The number of nitrogens with one attached hydrogen (secondary N) is 1. The number of benzene rings is 2. The van der Waals surface area contributed by atoms with Crippen molar-refractivity contribution in [2.75, 3.05) is 4.72 Å². The molecule has 0 heterocycles. The third-order valence-electron chi connectivity index (χ3n) is 2.85. The van der Waals surface area contributed by atoms with Crippen LogP contribution in [0.4, 0.5) is 5.69 Å². The van der Waals surface area contributed by atoms with Crippen LogP contribution in [0.1, 0.15) is 11.1 Å². The Morgan fingerprint density at radius 3 is 2.33 bits per heavy atom. The van der Waals surface area contributed by atoms with Crippen molar-refractivity contribution < 1.29 is 8.42 Å². The van der Waals surface area contributed by atoms with E-state index < -0.39 is 10.0 Å². The number of hydrogen-bond donors (Lipinski definition) is 1. The first-order chi connectivity index (χ1) is 9.70. The van der Waals surface area contributed by atoms with Gasteiger partial charge in [-0.1, -0.05) is 33.6 Å². The summed E-state index contributed by atoms with van der Waals surface area (Å²) in [4.78, 5) is 0.0410. The molecule has 0 aliphatic heterocycles. The fourth-order valence-electron chi connectivity index (χ4n) is 1.93. The lowest BCUT2D eigenvalue weighted by Gasteiger charge is -2.14. The number of anilines is 1. The van der Waals surface area contributed by atoms with Crippen molar-refractivity contribution in [2.24, 2.45) is 0 Å². The van der Waals surface area contributed by atoms with Crippen LogP contribution in [0.15, 0.2) is 44.2 Å². The smallest absolute Gasteiger partial charge is 0.263 e. The second-order valence-electron chi connectivity index (χ2n) is 4.62. The molecular formula is C14H12Br2ClNO2S. The van der Waals surface area contributed by atoms with Gasteiger partial charge >= 0.3 is 0 Å². The van der Waals surface area contributed by atoms with Crippen LogP contribution in [0.25, 0.3) is 0 Å². The third-order valence-corrected chi connectivity index (χ3v) is 5.80. The normalized spacial score (nSPS) is 11.5. The summed E-state index contributed by atoms with van der Waals surface area (Å²) in [6.07, 6.45) is 0. The molecule has 0 aliphatic carbocycles. The van der Waals surface area contributed by atoms with Crippen LogP contribution in [0.3, 0.4) is 0 Å². The van der Waals surface area contributed by atoms with Gasteiger partial charge in [0.1, 0.15) is 4.90 Å². The average molecular weight is 454 g/mol. The van der Waals surface area contributed by atoms with E-state index in [4.69, 9.17) is 11.6 Å². The van der Waals surface area contributed by atoms with Crippen LogP contribution in [0.2, 0.25) is 5.02 Å². The first kappa shape index (κ1) is 16.8. The predicted molar refractivity (Wildman–Crippen MR) is 93.6 cm³/mol. The van der Waals surface area contributed by atoms with Gasteiger partial charge in [0.05, 0.1) is 10.7 Å². The number of aryl methyl sites for hydroxylation is 2. The summed E-state index contributed by atoms with van der Waals surface area (Å²) in [6.45, 7) is 3.79. The van der Waals surface area contributed by atoms with E-state index >= 15 is 0 Å². The highest BCUT2D eigenvalue weighted by molar-refractivity contribution is 9.10. The Kier molecular flexibility index (Phi) is 5.03. The quantitative estimate of drug-likeness (QED) is 0.687. The topological polar surface area (TPSA) is 46.2 Å². The Hall–Kier alpha value is -0.560. The fraction of sp³-hybridized carbons (Fsp3) is 0.143. The second-order valence-corrected chi connectivity index (χ2v) is 8.45. The van der Waals surface area contributed by atoms with Crippen molar-refractivity contribution in [3.05, 3.63) is 55.4 Å². The number of halogens is 3. The zero-order chi connectivity index (χ0) is 15.8. The van der Waals surface area contributed by atoms with Crippen LogP contribution in [0, 0.1) is 13.8 Å². The third kappa shape index (κ3) is 3.80. The molecule has 0 bridgehead atoms. The lowest BCUT2D eigenvalue weighted by atomic mass is 10.1. The molecule has 2 rings (SSSR count). The lowest BCUT2D eigenvalue weighted by molar-refractivity contribution is 0.601. The van der Waals surface area contributed by atoms with Gasteiger partial charge in [-0.3, -0.25) is 4.72 Å². The molecule has 0 saturated carbocycles. The first-order valence-corrected chi connectivity index (χ1v) is 9.40. The van der Waals surface area contributed by atoms with E-state index in [-0.39, 0.29) is 9.92 Å². The predicted octanol–water partition coefficient (Wildman–Crippen LogP) is 5.28. The summed E-state index contributed by atoms with van der Waals surface area (Å²) in [5, 5.41) is 0.165. The fourth-order valence-corrected chi connectivity index (χ4v) is 5.02. The van der Waals surface area contributed by atoms with E-state index in [1.54, 1.807) is 12.1 Å². The van der Waals surface area contributed by atoms with Gasteiger partial charge in [0, 0.05) is 8.95 Å². The van der Waals surface area contributed by atoms with Gasteiger partial charge in [0.25, 0.3) is 10.0 Å². The van der Waals surface area contributed by atoms with E-state index in [1.807, 2.05) is 26.0 Å². The van der Waals surface area contributed by atoms with Crippen LogP contribution in [-0.2, 0) is 10.0 Å². The Morgan fingerprint density at radius 1 is 1.10 bits per heavy atom. The van der Waals surface area contributed by atoms with E-state index in [1.165, 1.54) is 6.07 Å². The molecular weight excluding hydrogens is 441 g/mol. The number of hydrogen-bond acceptors (Lipinski definition) is 2. The molecule has 1 N–H and O–H groups in total. The summed E-state index contributed by atoms with van der Waals surface area (Å²) in [7, 11) is -3.75. The molecule has 3 nitrogen and oxygen atoms in total. The minimum absolute atomic E-state index is 0.0410. The zero-order valence-electron chi connectivity index (χ0n) is 11.2. The van der Waals surface area contributed by atoms with Crippen LogP contribution >= 0.6 is 43.5 Å². The molecule has 21 heavy (non-hydrogen) atoms. The van der Waals surface area contributed by atoms with E-state index in [0.29, 0.717) is 10.2 Å². The highest BCUT2D eigenvalue weighted by Gasteiger charge is 2.20. The van der Waals surface area contributed by atoms with Crippen molar-refractivity contribution >= 4 is 59.2 Å². The minimum Gasteiger partial charge on any atom is -0.278 e. The Bertz CT molecular complexity index is 784. The van der Waals surface area contributed by atoms with Gasteiger partial charge in [0.2, 0.25) is 0 Å². The second kappa shape index (κ2) is 6.28. The number of rotatable bonds is 3. The maximum atomic E-state index is 12.5. The van der Waals surface area contributed by atoms with Gasteiger partial charge in [0.15, 0.2) is 0 Å². The Morgan fingerprint density at radius 2 is 1.76 bits per heavy atom. The summed E-state index contributed by atoms with van der Waals surface area (Å²) in [6, 6.07) is 8.41. The van der Waals surface area contributed by atoms with Gasteiger partial charge in [-0.05, 0) is 65.2 Å². The highest BCUT2D eigenvalue weighted by Crippen LogP contribution is 2.32. The van der Waals surface area contributed by atoms with Gasteiger partial charge in [-0.25, -0.2) is 8.42 Å². The maximum absolute atomic E-state index is 12.5. The maximum Gasteiger partial charge on any atom is 0.263 e. The molecule has 0 radical (unpaired) electrons. The standard InChI is InChI=1S/C14H12Br2ClNO2S/c1-8-5-9(2)14(11(16)6-8)18-21(19,20)13-4-3-10(15)7-12(13)17/h3-7,18H,1-2H3. The molecule has 2 aromatic rings. The minimum atomic E-state index is -3.75. The van der Waals surface area contributed by atoms with E-state index in [2.05, 4.69) is 36.6 Å². The van der Waals surface area contributed by atoms with Gasteiger partial charge < -0.3 is 0 Å². The van der Waals surface area contributed by atoms with Crippen molar-refractivity contribution in [2.45, 2.75) is 18.7 Å². The van der Waals surface area contributed by atoms with Crippen molar-refractivity contribution in [3.63, 3.8) is 0 Å². The largest absolute Gasteiger partial charge is 0.278 e. The lowest BCUT2D eigenvalue weighted by Crippen LogP contribution is -2.14. The van der Waals surface area contributed by atoms with E-state index in [9.17, 15) is 8.42 Å². The zero-order valence-corrected chi connectivity index (χ0v) is 16.0. The Balaban J connectivity index is 2.47. The van der Waals surface area contributed by atoms with Crippen LogP contribution in [-0.4, -0.2) is 8.42 Å². The monoisotopic (exact) mass is 451 g/mol.